The van der Waals surface area contributed by atoms with Crippen molar-refractivity contribution in [2.75, 3.05) is 43.2 Å². The Labute approximate surface area is 209 Å². The summed E-state index contributed by atoms with van der Waals surface area (Å²) in [7, 11) is 1.95. The van der Waals surface area contributed by atoms with Crippen molar-refractivity contribution in [3.8, 4) is 11.4 Å². The van der Waals surface area contributed by atoms with Crippen molar-refractivity contribution in [1.82, 2.24) is 15.0 Å². The van der Waals surface area contributed by atoms with Crippen LogP contribution in [-0.4, -0.2) is 65.4 Å². The van der Waals surface area contributed by atoms with Crippen molar-refractivity contribution < 1.29 is 14.6 Å². The molecule has 0 spiro atoms. The highest BCUT2D eigenvalue weighted by molar-refractivity contribution is 5.86. The molecule has 1 aliphatic rings. The Bertz CT molecular complexity index is 1370. The van der Waals surface area contributed by atoms with Crippen molar-refractivity contribution in [2.24, 2.45) is 5.73 Å². The number of carbonyl (C=O) groups is 1. The Morgan fingerprint density at radius 3 is 2.47 bits per heavy atom. The van der Waals surface area contributed by atoms with Crippen LogP contribution in [0.1, 0.15) is 5.56 Å². The van der Waals surface area contributed by atoms with Crippen LogP contribution in [0.3, 0.4) is 0 Å². The van der Waals surface area contributed by atoms with Gasteiger partial charge in [0.2, 0.25) is 11.9 Å². The molecule has 0 amide bonds. The van der Waals surface area contributed by atoms with Gasteiger partial charge < -0.3 is 25.4 Å². The SMILES string of the molecule is CN(c1ccc2ccccc2c1)c1nc(-c2ccc(C[C@H](N)C(=O)O)cc2)nc(N2CCOCC2)n1. The van der Waals surface area contributed by atoms with E-state index in [1.54, 1.807) is 0 Å². The number of rotatable bonds is 7. The zero-order valence-electron chi connectivity index (χ0n) is 20.0. The summed E-state index contributed by atoms with van der Waals surface area (Å²) < 4.78 is 5.51. The maximum Gasteiger partial charge on any atom is 0.320 e. The van der Waals surface area contributed by atoms with Crippen LogP contribution in [0.15, 0.2) is 66.7 Å². The van der Waals surface area contributed by atoms with Gasteiger partial charge in [0.1, 0.15) is 6.04 Å². The molecule has 1 aromatic heterocycles. The number of carboxylic acid groups (broad SMARTS) is 1. The van der Waals surface area contributed by atoms with Crippen molar-refractivity contribution in [2.45, 2.75) is 12.5 Å². The van der Waals surface area contributed by atoms with Crippen LogP contribution in [0, 0.1) is 0 Å². The molecule has 0 saturated carbocycles. The first-order valence-corrected chi connectivity index (χ1v) is 11.9. The first-order chi connectivity index (χ1) is 17.5. The van der Waals surface area contributed by atoms with Gasteiger partial charge in [-0.05, 0) is 34.9 Å². The average Bonchev–Trinajstić information content (AvgIpc) is 2.93. The van der Waals surface area contributed by atoms with Gasteiger partial charge in [0.15, 0.2) is 5.82 Å². The molecule has 9 heteroatoms. The fourth-order valence-electron chi connectivity index (χ4n) is 4.17. The van der Waals surface area contributed by atoms with E-state index < -0.39 is 12.0 Å². The monoisotopic (exact) mass is 484 g/mol. The number of carboxylic acids is 1. The van der Waals surface area contributed by atoms with Crippen LogP contribution in [0.25, 0.3) is 22.2 Å². The molecule has 1 fully saturated rings. The number of benzene rings is 3. The minimum atomic E-state index is -1.02. The van der Waals surface area contributed by atoms with Gasteiger partial charge in [-0.15, -0.1) is 0 Å². The van der Waals surface area contributed by atoms with Crippen LogP contribution < -0.4 is 15.5 Å². The summed E-state index contributed by atoms with van der Waals surface area (Å²) in [6.45, 7) is 2.65. The van der Waals surface area contributed by atoms with Crippen LogP contribution >= 0.6 is 0 Å². The summed E-state index contributed by atoms with van der Waals surface area (Å²) in [6.07, 6.45) is 0.252. The predicted octanol–water partition coefficient (Wildman–Crippen LogP) is 3.25. The highest BCUT2D eigenvalue weighted by Crippen LogP contribution is 2.28. The van der Waals surface area contributed by atoms with Gasteiger partial charge in [0, 0.05) is 31.4 Å². The number of fused-ring (bicyclic) bond motifs is 1. The molecule has 0 radical (unpaired) electrons. The lowest BCUT2D eigenvalue weighted by Crippen LogP contribution is -2.37. The first kappa shape index (κ1) is 23.7. The number of ether oxygens (including phenoxy) is 1. The standard InChI is InChI=1S/C27H28N6O3/c1-32(22-11-10-19-4-2-3-5-21(19)17-22)26-29-24(30-27(31-26)33-12-14-36-15-13-33)20-8-6-18(7-9-20)16-23(28)25(34)35/h2-11,17,23H,12-16,28H2,1H3,(H,34,35)/t23-/m0/s1. The molecule has 184 valence electrons. The fraction of sp³-hybridized carbons (Fsp3) is 0.259. The number of morpholine rings is 1. The molecule has 0 aliphatic carbocycles. The highest BCUT2D eigenvalue weighted by atomic mass is 16.5. The van der Waals surface area contributed by atoms with Gasteiger partial charge in [0.05, 0.1) is 13.2 Å². The number of hydrogen-bond donors (Lipinski definition) is 2. The van der Waals surface area contributed by atoms with E-state index in [-0.39, 0.29) is 6.42 Å². The molecule has 9 nitrogen and oxygen atoms in total. The third-order valence-electron chi connectivity index (χ3n) is 6.31. The summed E-state index contributed by atoms with van der Waals surface area (Å²) in [6, 6.07) is 21.1. The molecule has 4 aromatic rings. The smallest absolute Gasteiger partial charge is 0.320 e. The maximum atomic E-state index is 11.1. The van der Waals surface area contributed by atoms with Crippen molar-refractivity contribution in [3.05, 3.63) is 72.3 Å². The van der Waals surface area contributed by atoms with Gasteiger partial charge in [0.25, 0.3) is 0 Å². The number of nitrogens with two attached hydrogens (primary N) is 1. The molecular formula is C27H28N6O3. The second-order valence-electron chi connectivity index (χ2n) is 8.79. The number of hydrogen-bond acceptors (Lipinski definition) is 8. The van der Waals surface area contributed by atoms with E-state index in [0.29, 0.717) is 44.0 Å². The van der Waals surface area contributed by atoms with Crippen molar-refractivity contribution in [3.63, 3.8) is 0 Å². The largest absolute Gasteiger partial charge is 0.480 e. The van der Waals surface area contributed by atoms with E-state index in [1.807, 2.05) is 48.3 Å². The second-order valence-corrected chi connectivity index (χ2v) is 8.79. The maximum absolute atomic E-state index is 11.1. The third kappa shape index (κ3) is 5.12. The minimum Gasteiger partial charge on any atom is -0.480 e. The normalized spacial score (nSPS) is 14.6. The summed E-state index contributed by atoms with van der Waals surface area (Å²) in [4.78, 5) is 29.5. The van der Waals surface area contributed by atoms with E-state index in [9.17, 15) is 4.79 Å². The zero-order valence-corrected chi connectivity index (χ0v) is 20.0. The van der Waals surface area contributed by atoms with Gasteiger partial charge in [-0.25, -0.2) is 0 Å². The Kier molecular flexibility index (Phi) is 6.75. The number of nitrogens with zero attached hydrogens (tertiary/aromatic N) is 5. The van der Waals surface area contributed by atoms with Gasteiger partial charge in [-0.3, -0.25) is 4.79 Å². The molecule has 1 aliphatic heterocycles. The molecule has 1 saturated heterocycles. The van der Waals surface area contributed by atoms with E-state index in [1.165, 1.54) is 5.39 Å². The Morgan fingerprint density at radius 2 is 1.75 bits per heavy atom. The van der Waals surface area contributed by atoms with Crippen LogP contribution in [0.2, 0.25) is 0 Å². The average molecular weight is 485 g/mol. The molecule has 1 atom stereocenters. The molecule has 0 bridgehead atoms. The fourth-order valence-corrected chi connectivity index (χ4v) is 4.17. The molecule has 3 N–H and O–H groups in total. The molecule has 3 aromatic carbocycles. The molecule has 0 unspecified atom stereocenters. The topological polar surface area (TPSA) is 118 Å². The van der Waals surface area contributed by atoms with Crippen molar-refractivity contribution in [1.29, 1.82) is 0 Å². The minimum absolute atomic E-state index is 0.252. The van der Waals surface area contributed by atoms with E-state index in [2.05, 4.69) is 35.2 Å². The second kappa shape index (κ2) is 10.3. The van der Waals surface area contributed by atoms with Crippen LogP contribution in [0.5, 0.6) is 0 Å². The molecule has 36 heavy (non-hydrogen) atoms. The Hall–Kier alpha value is -4.08. The number of aromatic nitrogens is 3. The predicted molar refractivity (Wildman–Crippen MR) is 140 cm³/mol. The lowest BCUT2D eigenvalue weighted by atomic mass is 10.0. The first-order valence-electron chi connectivity index (χ1n) is 11.9. The molecular weight excluding hydrogens is 456 g/mol. The van der Waals surface area contributed by atoms with E-state index >= 15 is 0 Å². The molecule has 5 rings (SSSR count). The zero-order chi connectivity index (χ0) is 25.1. The van der Waals surface area contributed by atoms with E-state index in [0.717, 1.165) is 22.2 Å². The van der Waals surface area contributed by atoms with E-state index in [4.69, 9.17) is 30.5 Å². The summed E-state index contributed by atoms with van der Waals surface area (Å²) in [5.41, 5.74) is 8.31. The molecule has 2 heterocycles. The van der Waals surface area contributed by atoms with Gasteiger partial charge >= 0.3 is 5.97 Å². The lowest BCUT2D eigenvalue weighted by molar-refractivity contribution is -0.138. The van der Waals surface area contributed by atoms with Crippen LogP contribution in [0.4, 0.5) is 17.6 Å². The number of aliphatic carboxylic acids is 1. The van der Waals surface area contributed by atoms with Crippen molar-refractivity contribution >= 4 is 34.3 Å². The quantitative estimate of drug-likeness (QED) is 0.407. The Morgan fingerprint density at radius 1 is 1.03 bits per heavy atom. The lowest BCUT2D eigenvalue weighted by Gasteiger charge is -2.28. The highest BCUT2D eigenvalue weighted by Gasteiger charge is 2.20. The van der Waals surface area contributed by atoms with Gasteiger partial charge in [-0.1, -0.05) is 54.6 Å². The summed E-state index contributed by atoms with van der Waals surface area (Å²) >= 11 is 0. The van der Waals surface area contributed by atoms with Gasteiger partial charge in [-0.2, -0.15) is 15.0 Å². The number of anilines is 3. The van der Waals surface area contributed by atoms with Crippen LogP contribution in [-0.2, 0) is 16.0 Å². The summed E-state index contributed by atoms with van der Waals surface area (Å²) in [5.74, 6) is 0.660. The summed E-state index contributed by atoms with van der Waals surface area (Å²) in [5, 5.41) is 11.4. The third-order valence-corrected chi connectivity index (χ3v) is 6.31. The Balaban J connectivity index is 1.51.